The van der Waals surface area contributed by atoms with Crippen molar-refractivity contribution < 1.29 is 0 Å². The molecule has 11 heavy (non-hydrogen) atoms. The van der Waals surface area contributed by atoms with Crippen molar-refractivity contribution in [2.75, 3.05) is 6.26 Å². The van der Waals surface area contributed by atoms with Crippen LogP contribution in [-0.4, -0.2) is 11.1 Å². The zero-order chi connectivity index (χ0) is 8.43. The van der Waals surface area contributed by atoms with Gasteiger partial charge in [0.15, 0.2) is 0 Å². The minimum atomic E-state index is 0.965. The van der Waals surface area contributed by atoms with Gasteiger partial charge >= 0.3 is 0 Å². The highest BCUT2D eigenvalue weighted by molar-refractivity contribution is 8.03. The maximum Gasteiger partial charge on any atom is 0.0541 e. The third kappa shape index (κ3) is 1.21. The lowest BCUT2D eigenvalue weighted by atomic mass is 9.91. The van der Waals surface area contributed by atoms with E-state index >= 15 is 0 Å². The molecule has 0 aliphatic heterocycles. The minimum Gasteiger partial charge on any atom is -0.128 e. The first-order valence-electron chi connectivity index (χ1n) is 3.38. The molecule has 0 saturated carbocycles. The Morgan fingerprint density at radius 1 is 1.55 bits per heavy atom. The molecule has 0 bridgehead atoms. The molecule has 0 spiro atoms. The first-order valence-corrected chi connectivity index (χ1v) is 5.01. The Kier molecular flexibility index (Phi) is 2.68. The van der Waals surface area contributed by atoms with E-state index in [2.05, 4.69) is 18.9 Å². The average molecular weight is 182 g/mol. The first-order chi connectivity index (χ1) is 5.26. The van der Waals surface area contributed by atoms with Crippen LogP contribution >= 0.6 is 24.0 Å². The lowest BCUT2D eigenvalue weighted by Crippen LogP contribution is -2.16. The van der Waals surface area contributed by atoms with Gasteiger partial charge in [-0.05, 0) is 13.2 Å². The highest BCUT2D eigenvalue weighted by Crippen LogP contribution is 2.38. The Morgan fingerprint density at radius 2 is 2.18 bits per heavy atom. The van der Waals surface area contributed by atoms with Crippen LogP contribution in [0.3, 0.4) is 0 Å². The van der Waals surface area contributed by atoms with Crippen LogP contribution in [-0.2, 0) is 0 Å². The zero-order valence-corrected chi connectivity index (χ0v) is 8.31. The Labute approximate surface area is 77.1 Å². The zero-order valence-electron chi connectivity index (χ0n) is 6.68. The van der Waals surface area contributed by atoms with E-state index in [1.165, 1.54) is 10.5 Å². The topological polar surface area (TPSA) is 0 Å². The molecule has 1 rings (SSSR count). The van der Waals surface area contributed by atoms with Crippen molar-refractivity contribution in [2.24, 2.45) is 0 Å². The van der Waals surface area contributed by atoms with Crippen molar-refractivity contribution >= 4 is 28.8 Å². The molecule has 0 aromatic heterocycles. The quantitative estimate of drug-likeness (QED) is 0.475. The van der Waals surface area contributed by atoms with E-state index in [1.807, 2.05) is 13.0 Å². The molecule has 0 nitrogen and oxygen atoms in total. The summed E-state index contributed by atoms with van der Waals surface area (Å²) in [6.45, 7) is 5.73. The molecule has 0 unspecified atom stereocenters. The molecule has 0 atom stereocenters. The molecule has 1 aliphatic rings. The van der Waals surface area contributed by atoms with E-state index in [0.29, 0.717) is 0 Å². The monoisotopic (exact) mass is 182 g/mol. The van der Waals surface area contributed by atoms with E-state index in [1.54, 1.807) is 11.8 Å². The molecule has 58 valence electrons. The summed E-state index contributed by atoms with van der Waals surface area (Å²) in [5.41, 5.74) is 2.35. The minimum absolute atomic E-state index is 0.965. The van der Waals surface area contributed by atoms with Gasteiger partial charge in [0.1, 0.15) is 0 Å². The molecule has 0 fully saturated rings. The lowest BCUT2D eigenvalue weighted by molar-refractivity contribution is 1.54. The van der Waals surface area contributed by atoms with Crippen LogP contribution in [0.1, 0.15) is 6.92 Å². The Morgan fingerprint density at radius 3 is 2.55 bits per heavy atom. The van der Waals surface area contributed by atoms with Gasteiger partial charge in [-0.25, -0.2) is 0 Å². The molecule has 0 radical (unpaired) electrons. The van der Waals surface area contributed by atoms with Gasteiger partial charge in [-0.3, -0.25) is 0 Å². The third-order valence-corrected chi connectivity index (χ3v) is 2.96. The van der Waals surface area contributed by atoms with Crippen LogP contribution in [0.15, 0.2) is 34.8 Å². The van der Waals surface area contributed by atoms with Crippen molar-refractivity contribution in [3.05, 3.63) is 34.8 Å². The molecule has 0 amide bonds. The highest BCUT2D eigenvalue weighted by Gasteiger charge is 2.25. The van der Waals surface area contributed by atoms with Crippen molar-refractivity contribution in [3.63, 3.8) is 0 Å². The molecule has 0 aromatic carbocycles. The van der Waals surface area contributed by atoms with Gasteiger partial charge in [0.25, 0.3) is 0 Å². The van der Waals surface area contributed by atoms with Crippen LogP contribution in [0.2, 0.25) is 0 Å². The molecule has 0 N–H and O–H groups in total. The van der Waals surface area contributed by atoms with Gasteiger partial charge in [0.05, 0.1) is 4.86 Å². The van der Waals surface area contributed by atoms with Gasteiger partial charge in [-0.1, -0.05) is 30.9 Å². The van der Waals surface area contributed by atoms with Crippen LogP contribution in [0.5, 0.6) is 0 Å². The fourth-order valence-corrected chi connectivity index (χ4v) is 2.48. The van der Waals surface area contributed by atoms with E-state index in [9.17, 15) is 0 Å². The number of hydrogen-bond acceptors (Lipinski definition) is 2. The third-order valence-electron chi connectivity index (χ3n) is 1.68. The summed E-state index contributed by atoms with van der Waals surface area (Å²) in [6, 6.07) is 0. The number of allylic oxidation sites excluding steroid dienone is 4. The lowest BCUT2D eigenvalue weighted by Gasteiger charge is -2.24. The van der Waals surface area contributed by atoms with Crippen molar-refractivity contribution in [2.45, 2.75) is 6.92 Å². The van der Waals surface area contributed by atoms with Crippen molar-refractivity contribution in [1.29, 1.82) is 0 Å². The Balaban J connectivity index is 3.09. The molecule has 0 heterocycles. The van der Waals surface area contributed by atoms with Gasteiger partial charge in [0.2, 0.25) is 0 Å². The molecule has 0 saturated heterocycles. The van der Waals surface area contributed by atoms with E-state index < -0.39 is 0 Å². The SMILES string of the molecule is C=CC1=C(SC)/C(=C/C)C1=S. The summed E-state index contributed by atoms with van der Waals surface area (Å²) in [5.74, 6) is 0. The summed E-state index contributed by atoms with van der Waals surface area (Å²) in [7, 11) is 0. The van der Waals surface area contributed by atoms with Gasteiger partial charge in [-0.15, -0.1) is 11.8 Å². The number of thioether (sulfide) groups is 1. The summed E-state index contributed by atoms with van der Waals surface area (Å²) in [4.78, 5) is 2.25. The summed E-state index contributed by atoms with van der Waals surface area (Å²) in [5, 5.41) is 0. The summed E-state index contributed by atoms with van der Waals surface area (Å²) >= 11 is 6.89. The second kappa shape index (κ2) is 3.37. The maximum absolute atomic E-state index is 5.16. The standard InChI is InChI=1S/C9H10S2/c1-4-6-8(10)7(5-2)9(6)11-3/h4-5H,1H2,2-3H3/b7-5+. The van der Waals surface area contributed by atoms with Crippen LogP contribution < -0.4 is 0 Å². The second-order valence-electron chi connectivity index (χ2n) is 2.18. The smallest absolute Gasteiger partial charge is 0.0541 e. The number of rotatable bonds is 2. The Bertz CT molecular complexity index is 269. The number of thiocarbonyl (C=S) groups is 1. The van der Waals surface area contributed by atoms with Crippen LogP contribution in [0.25, 0.3) is 0 Å². The van der Waals surface area contributed by atoms with Gasteiger partial charge < -0.3 is 0 Å². The molecule has 2 heteroatoms. The highest BCUT2D eigenvalue weighted by atomic mass is 32.2. The number of hydrogen-bond donors (Lipinski definition) is 0. The fourth-order valence-electron chi connectivity index (χ4n) is 1.10. The Hall–Kier alpha value is -0.340. The molecular formula is C9H10S2. The van der Waals surface area contributed by atoms with Gasteiger partial charge in [-0.2, -0.15) is 0 Å². The van der Waals surface area contributed by atoms with E-state index in [-0.39, 0.29) is 0 Å². The maximum atomic E-state index is 5.16. The average Bonchev–Trinajstić information content (AvgIpc) is 2.01. The summed E-state index contributed by atoms with van der Waals surface area (Å²) in [6.07, 6.45) is 5.95. The normalized spacial score (nSPS) is 20.5. The predicted molar refractivity (Wildman–Crippen MR) is 57.1 cm³/mol. The predicted octanol–water partition coefficient (Wildman–Crippen LogP) is 3.12. The van der Waals surface area contributed by atoms with E-state index in [4.69, 9.17) is 12.2 Å². The molecule has 0 aromatic rings. The van der Waals surface area contributed by atoms with Crippen LogP contribution in [0.4, 0.5) is 0 Å². The van der Waals surface area contributed by atoms with E-state index in [0.717, 1.165) is 10.4 Å². The van der Waals surface area contributed by atoms with Crippen molar-refractivity contribution in [3.8, 4) is 0 Å². The first kappa shape index (κ1) is 8.75. The van der Waals surface area contributed by atoms with Gasteiger partial charge in [0, 0.05) is 16.1 Å². The molecular weight excluding hydrogens is 172 g/mol. The molecule has 1 aliphatic carbocycles. The van der Waals surface area contributed by atoms with Crippen LogP contribution in [0, 0.1) is 0 Å². The fraction of sp³-hybridized carbons (Fsp3) is 0.222. The second-order valence-corrected chi connectivity index (χ2v) is 3.41. The largest absolute Gasteiger partial charge is 0.128 e. The van der Waals surface area contributed by atoms with Crippen molar-refractivity contribution in [1.82, 2.24) is 0 Å². The summed E-state index contributed by atoms with van der Waals surface area (Å²) < 4.78 is 0.